The van der Waals surface area contributed by atoms with E-state index in [0.717, 1.165) is 16.3 Å². The van der Waals surface area contributed by atoms with E-state index in [0.29, 0.717) is 0 Å². The zero-order valence-electron chi connectivity index (χ0n) is 9.89. The first-order valence-electron chi connectivity index (χ1n) is 5.57. The summed E-state index contributed by atoms with van der Waals surface area (Å²) in [6.07, 6.45) is 0. The van der Waals surface area contributed by atoms with Crippen LogP contribution in [0, 0.1) is 0 Å². The molecule has 3 nitrogen and oxygen atoms in total. The van der Waals surface area contributed by atoms with Crippen LogP contribution in [-0.2, 0) is 4.79 Å². The minimum atomic E-state index is -0.182. The molecule has 1 aromatic heterocycles. The maximum Gasteiger partial charge on any atom is 0.235 e. The van der Waals surface area contributed by atoms with Crippen molar-refractivity contribution in [1.82, 2.24) is 10.3 Å². The van der Waals surface area contributed by atoms with Gasteiger partial charge in [-0.25, -0.2) is 4.98 Å². The molecule has 0 aliphatic rings. The number of nitrogens with zero attached hydrogens (tertiary/aromatic N) is 1. The lowest BCUT2D eigenvalue weighted by Gasteiger charge is -2.09. The van der Waals surface area contributed by atoms with Gasteiger partial charge >= 0.3 is 0 Å². The van der Waals surface area contributed by atoms with Crippen molar-refractivity contribution in [2.75, 3.05) is 5.88 Å². The van der Waals surface area contributed by atoms with Crippen LogP contribution in [0.5, 0.6) is 0 Å². The van der Waals surface area contributed by atoms with Crippen LogP contribution in [0.4, 0.5) is 0 Å². The summed E-state index contributed by atoms with van der Waals surface area (Å²) in [6.45, 7) is 1.90. The van der Waals surface area contributed by atoms with Gasteiger partial charge in [0.05, 0.1) is 11.7 Å². The maximum atomic E-state index is 11.2. The van der Waals surface area contributed by atoms with Gasteiger partial charge in [0.25, 0.3) is 0 Å². The van der Waals surface area contributed by atoms with Gasteiger partial charge in [0, 0.05) is 10.9 Å². The molecule has 0 saturated heterocycles. The molecule has 1 unspecified atom stereocenters. The average molecular weight is 281 g/mol. The van der Waals surface area contributed by atoms with Gasteiger partial charge in [-0.2, -0.15) is 0 Å². The predicted molar refractivity (Wildman–Crippen MR) is 74.8 cm³/mol. The quantitative estimate of drug-likeness (QED) is 0.874. The number of amides is 1. The normalized spacial score (nSPS) is 12.1. The first-order valence-corrected chi connectivity index (χ1v) is 6.98. The highest BCUT2D eigenvalue weighted by molar-refractivity contribution is 7.13. The molecule has 2 aromatic rings. The summed E-state index contributed by atoms with van der Waals surface area (Å²) in [5.41, 5.74) is 1.95. The molecule has 0 bridgehead atoms. The number of aromatic nitrogens is 1. The van der Waals surface area contributed by atoms with Crippen LogP contribution in [0.1, 0.15) is 18.7 Å². The number of carbonyl (C=O) groups is 1. The molecule has 1 aromatic carbocycles. The average Bonchev–Trinajstić information content (AvgIpc) is 2.89. The second-order valence-electron chi connectivity index (χ2n) is 3.87. The van der Waals surface area contributed by atoms with Crippen LogP contribution >= 0.6 is 22.9 Å². The molecule has 1 atom stereocenters. The number of thiazole rings is 1. The molecule has 0 aliphatic carbocycles. The molecule has 18 heavy (non-hydrogen) atoms. The molecule has 1 heterocycles. The zero-order valence-corrected chi connectivity index (χ0v) is 11.5. The summed E-state index contributed by atoms with van der Waals surface area (Å²) >= 11 is 7.03. The van der Waals surface area contributed by atoms with Gasteiger partial charge in [-0.3, -0.25) is 4.79 Å². The second kappa shape index (κ2) is 5.98. The van der Waals surface area contributed by atoms with Crippen molar-refractivity contribution in [3.05, 3.63) is 41.4 Å². The molecule has 0 radical (unpaired) electrons. The minimum absolute atomic E-state index is 0.0278. The summed E-state index contributed by atoms with van der Waals surface area (Å²) in [5, 5.41) is 5.70. The Morgan fingerprint density at radius 2 is 2.17 bits per heavy atom. The van der Waals surface area contributed by atoms with Gasteiger partial charge in [-0.05, 0) is 6.92 Å². The lowest BCUT2D eigenvalue weighted by atomic mass is 10.2. The molecule has 0 spiro atoms. The van der Waals surface area contributed by atoms with Crippen LogP contribution in [0.3, 0.4) is 0 Å². The number of alkyl halides is 1. The molecule has 5 heteroatoms. The Labute approximate surface area is 115 Å². The number of nitrogens with one attached hydrogen (secondary N) is 1. The fourth-order valence-electron chi connectivity index (χ4n) is 1.55. The van der Waals surface area contributed by atoms with Crippen LogP contribution < -0.4 is 5.32 Å². The van der Waals surface area contributed by atoms with E-state index in [2.05, 4.69) is 10.3 Å². The number of halogens is 1. The van der Waals surface area contributed by atoms with E-state index in [4.69, 9.17) is 11.6 Å². The molecular formula is C13H13ClN2OS. The third kappa shape index (κ3) is 3.09. The topological polar surface area (TPSA) is 42.0 Å². The number of hydrogen-bond donors (Lipinski definition) is 1. The molecule has 94 valence electrons. The van der Waals surface area contributed by atoms with Crippen molar-refractivity contribution >= 4 is 28.8 Å². The van der Waals surface area contributed by atoms with Crippen molar-refractivity contribution in [2.45, 2.75) is 13.0 Å². The first-order chi connectivity index (χ1) is 8.70. The Kier molecular flexibility index (Phi) is 4.33. The summed E-state index contributed by atoms with van der Waals surface area (Å²) in [4.78, 5) is 15.7. The smallest absolute Gasteiger partial charge is 0.235 e. The molecule has 2 rings (SSSR count). The van der Waals surface area contributed by atoms with Gasteiger partial charge < -0.3 is 5.32 Å². The third-order valence-corrected chi connectivity index (χ3v) is 3.64. The van der Waals surface area contributed by atoms with E-state index in [1.54, 1.807) is 11.3 Å². The summed E-state index contributed by atoms with van der Waals surface area (Å²) in [7, 11) is 0. The Balaban J connectivity index is 2.13. The molecule has 1 N–H and O–H groups in total. The minimum Gasteiger partial charge on any atom is -0.347 e. The number of benzene rings is 1. The zero-order chi connectivity index (χ0) is 13.0. The third-order valence-electron chi connectivity index (χ3n) is 2.49. The fourth-order valence-corrected chi connectivity index (χ4v) is 2.55. The van der Waals surface area contributed by atoms with Gasteiger partial charge in [-0.1, -0.05) is 30.3 Å². The van der Waals surface area contributed by atoms with Crippen molar-refractivity contribution < 1.29 is 4.79 Å². The van der Waals surface area contributed by atoms with Gasteiger partial charge in [0.15, 0.2) is 0 Å². The van der Waals surface area contributed by atoms with Crippen molar-refractivity contribution in [1.29, 1.82) is 0 Å². The predicted octanol–water partition coefficient (Wildman–Crippen LogP) is 3.23. The Hall–Kier alpha value is -1.39. The SMILES string of the molecule is CC(NC(=O)CCl)c1csc(-c2ccccc2)n1. The van der Waals surface area contributed by atoms with Gasteiger partial charge in [0.1, 0.15) is 10.9 Å². The standard InChI is InChI=1S/C13H13ClN2OS/c1-9(15-12(17)7-14)11-8-18-13(16-11)10-5-3-2-4-6-10/h2-6,8-9H,7H2,1H3,(H,15,17). The van der Waals surface area contributed by atoms with Crippen LogP contribution in [0.2, 0.25) is 0 Å². The summed E-state index contributed by atoms with van der Waals surface area (Å²) in [5.74, 6) is -0.210. The van der Waals surface area contributed by atoms with E-state index in [9.17, 15) is 4.79 Å². The van der Waals surface area contributed by atoms with Crippen LogP contribution in [0.25, 0.3) is 10.6 Å². The van der Waals surface area contributed by atoms with E-state index < -0.39 is 0 Å². The first kappa shape index (κ1) is 13.1. The lowest BCUT2D eigenvalue weighted by molar-refractivity contribution is -0.119. The maximum absolute atomic E-state index is 11.2. The number of carbonyl (C=O) groups excluding carboxylic acids is 1. The molecular weight excluding hydrogens is 268 g/mol. The van der Waals surface area contributed by atoms with Gasteiger partial charge in [0.2, 0.25) is 5.91 Å². The number of hydrogen-bond acceptors (Lipinski definition) is 3. The molecule has 0 saturated carbocycles. The van der Waals surface area contributed by atoms with Gasteiger partial charge in [-0.15, -0.1) is 22.9 Å². The lowest BCUT2D eigenvalue weighted by Crippen LogP contribution is -2.27. The largest absolute Gasteiger partial charge is 0.347 e. The highest BCUT2D eigenvalue weighted by Gasteiger charge is 2.12. The molecule has 0 fully saturated rings. The van der Waals surface area contributed by atoms with Crippen LogP contribution in [-0.4, -0.2) is 16.8 Å². The Morgan fingerprint density at radius 1 is 1.44 bits per heavy atom. The highest BCUT2D eigenvalue weighted by Crippen LogP contribution is 2.25. The molecule has 1 amide bonds. The Bertz CT molecular complexity index is 527. The van der Waals surface area contributed by atoms with E-state index in [1.807, 2.05) is 42.6 Å². The van der Waals surface area contributed by atoms with Crippen molar-refractivity contribution in [2.24, 2.45) is 0 Å². The van der Waals surface area contributed by atoms with Crippen LogP contribution in [0.15, 0.2) is 35.7 Å². The number of rotatable bonds is 4. The summed E-state index contributed by atoms with van der Waals surface area (Å²) < 4.78 is 0. The fraction of sp³-hybridized carbons (Fsp3) is 0.231. The highest BCUT2D eigenvalue weighted by atomic mass is 35.5. The Morgan fingerprint density at radius 3 is 2.83 bits per heavy atom. The molecule has 0 aliphatic heterocycles. The van der Waals surface area contributed by atoms with E-state index >= 15 is 0 Å². The summed E-state index contributed by atoms with van der Waals surface area (Å²) in [6, 6.07) is 9.85. The van der Waals surface area contributed by atoms with E-state index in [1.165, 1.54) is 0 Å². The monoisotopic (exact) mass is 280 g/mol. The second-order valence-corrected chi connectivity index (χ2v) is 4.99. The van der Waals surface area contributed by atoms with Crippen molar-refractivity contribution in [3.8, 4) is 10.6 Å². The van der Waals surface area contributed by atoms with Crippen molar-refractivity contribution in [3.63, 3.8) is 0 Å². The van der Waals surface area contributed by atoms with E-state index in [-0.39, 0.29) is 17.8 Å².